The maximum atomic E-state index is 11.7. The number of carbonyl (C=O) groups is 1. The van der Waals surface area contributed by atoms with Crippen LogP contribution in [0.2, 0.25) is 0 Å². The lowest BCUT2D eigenvalue weighted by atomic mass is 10.4. The first kappa shape index (κ1) is 15.1. The zero-order valence-electron chi connectivity index (χ0n) is 9.61. The molecule has 1 heterocycles. The molecule has 104 valence electrons. The third-order valence-corrected chi connectivity index (χ3v) is 5.28. The van der Waals surface area contributed by atoms with Crippen LogP contribution in [-0.2, 0) is 24.8 Å². The Morgan fingerprint density at radius 2 is 2.17 bits per heavy atom. The van der Waals surface area contributed by atoms with Crippen molar-refractivity contribution in [3.8, 4) is 0 Å². The van der Waals surface area contributed by atoms with Crippen LogP contribution in [0.15, 0.2) is 11.5 Å². The molecular formula is C8H14N2O6S2. The van der Waals surface area contributed by atoms with E-state index in [1.165, 1.54) is 13.1 Å². The molecule has 0 fully saturated rings. The van der Waals surface area contributed by atoms with Gasteiger partial charge in [0.15, 0.2) is 9.84 Å². The Bertz CT molecular complexity index is 550. The molecule has 8 nitrogen and oxygen atoms in total. The van der Waals surface area contributed by atoms with Gasteiger partial charge >= 0.3 is 5.97 Å². The lowest BCUT2D eigenvalue weighted by Gasteiger charge is -2.18. The summed E-state index contributed by atoms with van der Waals surface area (Å²) < 4.78 is 48.6. The lowest BCUT2D eigenvalue weighted by molar-refractivity contribution is -0.137. The molecule has 0 aromatic rings. The molecule has 18 heavy (non-hydrogen) atoms. The van der Waals surface area contributed by atoms with Gasteiger partial charge in [0, 0.05) is 19.0 Å². The van der Waals surface area contributed by atoms with Crippen LogP contribution in [0.3, 0.4) is 0 Å². The highest BCUT2D eigenvalue weighted by atomic mass is 32.2. The first-order valence-corrected chi connectivity index (χ1v) is 8.14. The van der Waals surface area contributed by atoms with E-state index in [1.54, 1.807) is 0 Å². The van der Waals surface area contributed by atoms with Gasteiger partial charge in [-0.05, 0) is 0 Å². The van der Waals surface area contributed by atoms with E-state index in [1.807, 2.05) is 0 Å². The number of aliphatic carboxylic acids is 1. The van der Waals surface area contributed by atoms with Crippen molar-refractivity contribution in [1.29, 1.82) is 0 Å². The molecule has 2 N–H and O–H groups in total. The number of nitrogens with one attached hydrogen (secondary N) is 1. The van der Waals surface area contributed by atoms with Crippen LogP contribution < -0.4 is 4.72 Å². The van der Waals surface area contributed by atoms with Gasteiger partial charge in [0.2, 0.25) is 0 Å². The standard InChI is InChI=1S/C8H14N2O6S2/c1-10(4-2-8(11)12)18(15,16)9-7-3-5-17(13,14)6-7/h3,5,7,9H,2,4,6H2,1H3,(H,11,12). The van der Waals surface area contributed by atoms with Crippen molar-refractivity contribution >= 4 is 26.0 Å². The van der Waals surface area contributed by atoms with Crippen LogP contribution in [-0.4, -0.2) is 57.6 Å². The number of hydrogen-bond donors (Lipinski definition) is 2. The summed E-state index contributed by atoms with van der Waals surface area (Å²) in [6.45, 7) is -0.187. The molecule has 0 aliphatic carbocycles. The summed E-state index contributed by atoms with van der Waals surface area (Å²) in [6.07, 6.45) is 0.925. The summed E-state index contributed by atoms with van der Waals surface area (Å²) >= 11 is 0. The number of carboxylic acids is 1. The van der Waals surface area contributed by atoms with Gasteiger partial charge in [-0.25, -0.2) is 8.42 Å². The molecule has 0 radical (unpaired) electrons. The average Bonchev–Trinajstić information content (AvgIpc) is 2.53. The average molecular weight is 298 g/mol. The Morgan fingerprint density at radius 1 is 1.56 bits per heavy atom. The molecular weight excluding hydrogens is 284 g/mol. The van der Waals surface area contributed by atoms with Crippen molar-refractivity contribution in [2.75, 3.05) is 19.3 Å². The molecule has 1 rings (SSSR count). The SMILES string of the molecule is CN(CCC(=O)O)S(=O)(=O)NC1C=CS(=O)(=O)C1. The van der Waals surface area contributed by atoms with Gasteiger partial charge < -0.3 is 5.11 Å². The van der Waals surface area contributed by atoms with E-state index in [0.717, 1.165) is 9.71 Å². The number of hydrogen-bond acceptors (Lipinski definition) is 5. The van der Waals surface area contributed by atoms with Gasteiger partial charge in [0.05, 0.1) is 18.2 Å². The Morgan fingerprint density at radius 3 is 2.61 bits per heavy atom. The molecule has 10 heteroatoms. The minimum Gasteiger partial charge on any atom is -0.481 e. The molecule has 0 bridgehead atoms. The van der Waals surface area contributed by atoms with Gasteiger partial charge in [-0.3, -0.25) is 4.79 Å². The predicted octanol–water partition coefficient (Wildman–Crippen LogP) is -1.46. The van der Waals surface area contributed by atoms with E-state index in [0.29, 0.717) is 0 Å². The second-order valence-corrected chi connectivity index (χ2v) is 7.59. The van der Waals surface area contributed by atoms with Gasteiger partial charge in [-0.15, -0.1) is 0 Å². The lowest BCUT2D eigenvalue weighted by Crippen LogP contribution is -2.44. The quantitative estimate of drug-likeness (QED) is 0.618. The normalized spacial score (nSPS) is 22.4. The Kier molecular flexibility index (Phi) is 4.48. The molecule has 1 aliphatic heterocycles. The van der Waals surface area contributed by atoms with Crippen LogP contribution in [0.4, 0.5) is 0 Å². The fraction of sp³-hybridized carbons (Fsp3) is 0.625. The zero-order valence-corrected chi connectivity index (χ0v) is 11.2. The van der Waals surface area contributed by atoms with Crippen LogP contribution in [0.1, 0.15) is 6.42 Å². The third-order valence-electron chi connectivity index (χ3n) is 2.28. The van der Waals surface area contributed by atoms with E-state index >= 15 is 0 Å². The Hall–Kier alpha value is -0.970. The van der Waals surface area contributed by atoms with Crippen molar-refractivity contribution in [3.63, 3.8) is 0 Å². The highest BCUT2D eigenvalue weighted by Crippen LogP contribution is 2.09. The molecule has 1 unspecified atom stereocenters. The molecule has 1 atom stereocenters. The van der Waals surface area contributed by atoms with E-state index in [-0.39, 0.29) is 18.7 Å². The maximum absolute atomic E-state index is 11.7. The minimum absolute atomic E-state index is 0.187. The number of nitrogens with zero attached hydrogens (tertiary/aromatic N) is 1. The summed E-state index contributed by atoms with van der Waals surface area (Å²) in [6, 6.07) is -0.813. The van der Waals surface area contributed by atoms with E-state index in [9.17, 15) is 21.6 Å². The summed E-state index contributed by atoms with van der Waals surface area (Å²) in [4.78, 5) is 10.3. The minimum atomic E-state index is -3.89. The molecule has 0 saturated heterocycles. The largest absolute Gasteiger partial charge is 0.481 e. The van der Waals surface area contributed by atoms with Crippen LogP contribution in [0, 0.1) is 0 Å². The van der Waals surface area contributed by atoms with Crippen molar-refractivity contribution in [1.82, 2.24) is 9.03 Å². The summed E-state index contributed by atoms with van der Waals surface area (Å²) in [5.41, 5.74) is 0. The Balaban J connectivity index is 2.60. The van der Waals surface area contributed by atoms with Crippen LogP contribution in [0.5, 0.6) is 0 Å². The van der Waals surface area contributed by atoms with Gasteiger partial charge in [0.25, 0.3) is 10.2 Å². The maximum Gasteiger partial charge on any atom is 0.304 e. The fourth-order valence-electron chi connectivity index (χ4n) is 1.30. The number of rotatable bonds is 6. The molecule has 0 spiro atoms. The van der Waals surface area contributed by atoms with Crippen LogP contribution in [0.25, 0.3) is 0 Å². The zero-order chi connectivity index (χ0) is 14.0. The summed E-state index contributed by atoms with van der Waals surface area (Å²) in [5, 5.41) is 9.40. The van der Waals surface area contributed by atoms with Crippen molar-refractivity contribution in [2.45, 2.75) is 12.5 Å². The second-order valence-electron chi connectivity index (χ2n) is 3.85. The van der Waals surface area contributed by atoms with Crippen molar-refractivity contribution in [3.05, 3.63) is 11.5 Å². The third kappa shape index (κ3) is 4.37. The van der Waals surface area contributed by atoms with Gasteiger partial charge in [0.1, 0.15) is 0 Å². The second kappa shape index (κ2) is 5.34. The topological polar surface area (TPSA) is 121 Å². The Labute approximate surface area is 105 Å². The molecule has 1 aliphatic rings. The van der Waals surface area contributed by atoms with Crippen molar-refractivity contribution in [2.24, 2.45) is 0 Å². The summed E-state index contributed by atoms with van der Waals surface area (Å²) in [7, 11) is -6.00. The first-order valence-electron chi connectivity index (χ1n) is 4.99. The molecule has 0 aromatic heterocycles. The molecule has 0 aromatic carbocycles. The van der Waals surface area contributed by atoms with Crippen molar-refractivity contribution < 1.29 is 26.7 Å². The van der Waals surface area contributed by atoms with E-state index in [4.69, 9.17) is 5.11 Å². The molecule has 0 amide bonds. The number of carboxylic acid groups (broad SMARTS) is 1. The predicted molar refractivity (Wildman–Crippen MR) is 63.7 cm³/mol. The van der Waals surface area contributed by atoms with Gasteiger partial charge in [-0.1, -0.05) is 6.08 Å². The molecule has 0 saturated carbocycles. The van der Waals surface area contributed by atoms with Crippen LogP contribution >= 0.6 is 0 Å². The monoisotopic (exact) mass is 298 g/mol. The van der Waals surface area contributed by atoms with Gasteiger partial charge in [-0.2, -0.15) is 17.4 Å². The number of sulfone groups is 1. The fourth-order valence-corrected chi connectivity index (χ4v) is 3.70. The smallest absolute Gasteiger partial charge is 0.304 e. The van der Waals surface area contributed by atoms with E-state index < -0.39 is 32.1 Å². The summed E-state index contributed by atoms with van der Waals surface area (Å²) in [5.74, 6) is -1.43. The van der Waals surface area contributed by atoms with E-state index in [2.05, 4.69) is 4.72 Å². The first-order chi connectivity index (χ1) is 8.12. The highest BCUT2D eigenvalue weighted by Gasteiger charge is 2.27. The highest BCUT2D eigenvalue weighted by molar-refractivity contribution is 7.94.